The Kier molecular flexibility index (Phi) is 8.61. The van der Waals surface area contributed by atoms with Gasteiger partial charge in [-0.1, -0.05) is 60.7 Å². The Morgan fingerprint density at radius 1 is 1.04 bits per heavy atom. The van der Waals surface area contributed by atoms with E-state index < -0.39 is 12.2 Å². The van der Waals surface area contributed by atoms with E-state index in [1.807, 2.05) is 55.6 Å². The van der Waals surface area contributed by atoms with Crippen LogP contribution < -0.4 is 15.0 Å². The van der Waals surface area contributed by atoms with Gasteiger partial charge in [0.2, 0.25) is 11.8 Å². The predicted octanol–water partition coefficient (Wildman–Crippen LogP) is 2.96. The van der Waals surface area contributed by atoms with Gasteiger partial charge in [0, 0.05) is 33.1 Å². The number of ether oxygens (including phenoxy) is 1. The fraction of sp³-hybridized carbons (Fsp3) is 0.324. The molecule has 2 fully saturated rings. The number of hydrogen-bond donors (Lipinski definition) is 2. The second kappa shape index (κ2) is 12.9. The number of nitrogens with zero attached hydrogens (tertiary/aromatic N) is 5. The first-order valence-electron chi connectivity index (χ1n) is 15.1. The van der Waals surface area contributed by atoms with Gasteiger partial charge in [-0.05, 0) is 34.9 Å². The van der Waals surface area contributed by atoms with E-state index in [0.29, 0.717) is 13.2 Å². The zero-order chi connectivity index (χ0) is 31.5. The van der Waals surface area contributed by atoms with Gasteiger partial charge in [-0.3, -0.25) is 9.59 Å². The Morgan fingerprint density at radius 2 is 1.82 bits per heavy atom. The molecule has 0 unspecified atom stereocenters. The first-order valence-corrected chi connectivity index (χ1v) is 15.1. The molecule has 0 spiro atoms. The maximum atomic E-state index is 14.3. The zero-order valence-electron chi connectivity index (χ0n) is 25.3. The number of carbonyl (C=O) groups excluding carboxylic acids is 3. The number of anilines is 1. The third kappa shape index (κ3) is 6.16. The van der Waals surface area contributed by atoms with Crippen LogP contribution in [0.25, 0.3) is 0 Å². The van der Waals surface area contributed by atoms with Crippen LogP contribution in [-0.2, 0) is 29.1 Å². The lowest BCUT2D eigenvalue weighted by molar-refractivity contribution is -0.189. The van der Waals surface area contributed by atoms with Crippen molar-refractivity contribution in [3.05, 3.63) is 102 Å². The second-order valence-corrected chi connectivity index (χ2v) is 11.5. The summed E-state index contributed by atoms with van der Waals surface area (Å²) in [4.78, 5) is 47.5. The number of benzene rings is 3. The molecule has 0 saturated carbocycles. The van der Waals surface area contributed by atoms with Gasteiger partial charge >= 0.3 is 6.03 Å². The van der Waals surface area contributed by atoms with Gasteiger partial charge in [0.15, 0.2) is 0 Å². The molecule has 45 heavy (non-hydrogen) atoms. The van der Waals surface area contributed by atoms with Crippen molar-refractivity contribution >= 4 is 23.5 Å². The third-order valence-corrected chi connectivity index (χ3v) is 8.54. The van der Waals surface area contributed by atoms with Crippen LogP contribution in [0, 0.1) is 0 Å². The Balaban J connectivity index is 1.36. The SMILES string of the molecule is C=CCN1CC(=O)N2[C@@H](Cc3ccc(O)cc3)C(=O)N(Cc3cccc4c3N(C)CCO4)C[C@@H]2N1C(=O)NCc1ccccc1. The summed E-state index contributed by atoms with van der Waals surface area (Å²) in [5.74, 6) is 0.436. The Morgan fingerprint density at radius 3 is 2.58 bits per heavy atom. The molecule has 3 aliphatic heterocycles. The Bertz CT molecular complexity index is 1570. The topological polar surface area (TPSA) is 109 Å². The number of piperazine rings is 1. The van der Waals surface area contributed by atoms with E-state index in [9.17, 15) is 19.5 Å². The molecule has 2 atom stereocenters. The van der Waals surface area contributed by atoms with Crippen molar-refractivity contribution in [3.8, 4) is 11.5 Å². The Hall–Kier alpha value is -5.03. The van der Waals surface area contributed by atoms with Crippen molar-refractivity contribution in [2.75, 3.05) is 44.7 Å². The number of carbonyl (C=O) groups is 3. The molecule has 3 aromatic rings. The van der Waals surface area contributed by atoms with Crippen LogP contribution >= 0.6 is 0 Å². The van der Waals surface area contributed by atoms with E-state index in [2.05, 4.69) is 16.8 Å². The molecular weight excluding hydrogens is 572 g/mol. The summed E-state index contributed by atoms with van der Waals surface area (Å²) in [5, 5.41) is 16.1. The van der Waals surface area contributed by atoms with Crippen LogP contribution in [0.5, 0.6) is 11.5 Å². The van der Waals surface area contributed by atoms with E-state index >= 15 is 0 Å². The molecule has 3 aliphatic rings. The summed E-state index contributed by atoms with van der Waals surface area (Å²) in [6.07, 6.45) is 1.14. The normalized spacial score (nSPS) is 19.9. The maximum absolute atomic E-state index is 14.3. The number of likely N-dealkylation sites (N-methyl/N-ethyl adjacent to an activating group) is 1. The van der Waals surface area contributed by atoms with Gasteiger partial charge in [-0.15, -0.1) is 6.58 Å². The molecule has 11 nitrogen and oxygen atoms in total. The van der Waals surface area contributed by atoms with Crippen LogP contribution in [0.2, 0.25) is 0 Å². The summed E-state index contributed by atoms with van der Waals surface area (Å²) in [7, 11) is 2.00. The van der Waals surface area contributed by atoms with E-state index in [4.69, 9.17) is 4.74 Å². The molecule has 0 aromatic heterocycles. The van der Waals surface area contributed by atoms with E-state index in [0.717, 1.165) is 34.7 Å². The second-order valence-electron chi connectivity index (χ2n) is 11.5. The van der Waals surface area contributed by atoms with Crippen LogP contribution in [-0.4, -0.2) is 94.8 Å². The fourth-order valence-corrected chi connectivity index (χ4v) is 6.41. The van der Waals surface area contributed by atoms with Gasteiger partial charge in [-0.25, -0.2) is 14.8 Å². The number of hydrogen-bond acceptors (Lipinski definition) is 7. The molecule has 3 heterocycles. The minimum absolute atomic E-state index is 0.0744. The molecule has 2 N–H and O–H groups in total. The lowest BCUT2D eigenvalue weighted by Gasteiger charge is -2.55. The largest absolute Gasteiger partial charge is 0.508 e. The minimum Gasteiger partial charge on any atom is -0.508 e. The van der Waals surface area contributed by atoms with Gasteiger partial charge in [-0.2, -0.15) is 0 Å². The monoisotopic (exact) mass is 610 g/mol. The zero-order valence-corrected chi connectivity index (χ0v) is 25.3. The number of nitrogens with one attached hydrogen (secondary N) is 1. The number of urea groups is 1. The highest BCUT2D eigenvalue weighted by Gasteiger charge is 2.51. The standard InChI is InChI=1S/C34H38N6O5/c1-3-16-38-23-31(42)39-28(19-24-12-14-27(41)15-13-24)33(43)37(21-26-10-7-11-29-32(26)36(2)17-18-45-29)22-30(39)40(38)34(44)35-20-25-8-5-4-6-9-25/h3-15,28,30,41H,1,16-23H2,2H3,(H,35,44)/t28-,30-/m0/s1. The van der Waals surface area contributed by atoms with Gasteiger partial charge in [0.25, 0.3) is 0 Å². The highest BCUT2D eigenvalue weighted by atomic mass is 16.5. The van der Waals surface area contributed by atoms with E-state index in [-0.39, 0.29) is 56.2 Å². The molecule has 0 radical (unpaired) electrons. The number of para-hydroxylation sites is 1. The maximum Gasteiger partial charge on any atom is 0.334 e. The average Bonchev–Trinajstić information content (AvgIpc) is 3.03. The summed E-state index contributed by atoms with van der Waals surface area (Å²) >= 11 is 0. The number of fused-ring (bicyclic) bond motifs is 2. The number of aromatic hydroxyl groups is 1. The quantitative estimate of drug-likeness (QED) is 0.378. The van der Waals surface area contributed by atoms with Crippen molar-refractivity contribution < 1.29 is 24.2 Å². The predicted molar refractivity (Wildman–Crippen MR) is 169 cm³/mol. The number of amides is 4. The smallest absolute Gasteiger partial charge is 0.334 e. The molecule has 2 saturated heterocycles. The summed E-state index contributed by atoms with van der Waals surface area (Å²) in [5.41, 5.74) is 3.58. The molecule has 234 valence electrons. The molecule has 0 bridgehead atoms. The van der Waals surface area contributed by atoms with Crippen LogP contribution in [0.3, 0.4) is 0 Å². The van der Waals surface area contributed by atoms with Gasteiger partial charge in [0.05, 0.1) is 25.3 Å². The molecule has 3 aromatic carbocycles. The summed E-state index contributed by atoms with van der Waals surface area (Å²) in [6, 6.07) is 20.8. The van der Waals surface area contributed by atoms with Gasteiger partial charge < -0.3 is 29.9 Å². The molecule has 0 aliphatic carbocycles. The van der Waals surface area contributed by atoms with E-state index in [1.165, 1.54) is 0 Å². The van der Waals surface area contributed by atoms with Crippen LogP contribution in [0.1, 0.15) is 16.7 Å². The first-order chi connectivity index (χ1) is 21.8. The molecule has 11 heteroatoms. The highest BCUT2D eigenvalue weighted by molar-refractivity contribution is 5.92. The van der Waals surface area contributed by atoms with E-state index in [1.54, 1.807) is 50.2 Å². The van der Waals surface area contributed by atoms with Gasteiger partial charge in [0.1, 0.15) is 30.3 Å². The van der Waals surface area contributed by atoms with Crippen LogP contribution in [0.4, 0.5) is 10.5 Å². The highest BCUT2D eigenvalue weighted by Crippen LogP contribution is 2.36. The van der Waals surface area contributed by atoms with Crippen molar-refractivity contribution in [1.29, 1.82) is 0 Å². The first kappa shape index (κ1) is 30.0. The van der Waals surface area contributed by atoms with Crippen molar-refractivity contribution in [1.82, 2.24) is 25.1 Å². The number of hydrazine groups is 1. The summed E-state index contributed by atoms with van der Waals surface area (Å²) in [6.45, 7) is 6.06. The Labute approximate surface area is 262 Å². The number of rotatable bonds is 8. The van der Waals surface area contributed by atoms with Crippen molar-refractivity contribution in [2.45, 2.75) is 31.7 Å². The number of phenolic OH excluding ortho intramolecular Hbond substituents is 1. The van der Waals surface area contributed by atoms with Crippen molar-refractivity contribution in [2.24, 2.45) is 0 Å². The number of phenols is 1. The lowest BCUT2D eigenvalue weighted by Crippen LogP contribution is -2.76. The average molecular weight is 611 g/mol. The lowest BCUT2D eigenvalue weighted by atomic mass is 9.98. The van der Waals surface area contributed by atoms with Crippen molar-refractivity contribution in [3.63, 3.8) is 0 Å². The molecule has 6 rings (SSSR count). The third-order valence-electron chi connectivity index (χ3n) is 8.54. The molecule has 4 amide bonds. The molecular formula is C34H38N6O5. The van der Waals surface area contributed by atoms with Crippen LogP contribution in [0.15, 0.2) is 85.5 Å². The summed E-state index contributed by atoms with van der Waals surface area (Å²) < 4.78 is 5.92. The minimum atomic E-state index is -0.857. The fourth-order valence-electron chi connectivity index (χ4n) is 6.41.